The highest BCUT2D eigenvalue weighted by molar-refractivity contribution is 6.10. The molecule has 11 rings (SSSR count). The van der Waals surface area contributed by atoms with E-state index in [1.165, 1.54) is 87.6 Å². The number of fused-ring (bicyclic) bond motifs is 6. The zero-order valence-corrected chi connectivity index (χ0v) is 32.5. The van der Waals surface area contributed by atoms with E-state index in [0.717, 1.165) is 17.1 Å². The Hall–Kier alpha value is -7.74. The molecular weight excluding hydrogens is 711 g/mol. The van der Waals surface area contributed by atoms with Gasteiger partial charge in [0.1, 0.15) is 0 Å². The van der Waals surface area contributed by atoms with Crippen molar-refractivity contribution in [1.29, 1.82) is 0 Å². The van der Waals surface area contributed by atoms with Crippen molar-refractivity contribution in [3.63, 3.8) is 0 Å². The van der Waals surface area contributed by atoms with Crippen molar-refractivity contribution >= 4 is 60.2 Å². The summed E-state index contributed by atoms with van der Waals surface area (Å²) in [5.41, 5.74) is 12.9. The van der Waals surface area contributed by atoms with Crippen LogP contribution < -0.4 is 4.90 Å². The molecule has 0 saturated carbocycles. The first-order chi connectivity index (χ1) is 29.2. The molecule has 0 N–H and O–H groups in total. The standard InChI is InChI=1S/C58H39N/c1-2-9-40(10-3-1)41-17-19-42(20-18-41)43-29-33-52(34-30-43)59(53-35-31-44(32-36-53)50-27-25-47-23-21-45-11-4-6-15-55(45)57(47)38-50)54-14-8-13-49(37-54)51-28-26-48-24-22-46-12-5-7-16-56(46)58(48)39-51/h1-39H. The molecule has 0 aliphatic rings. The van der Waals surface area contributed by atoms with Gasteiger partial charge in [-0.3, -0.25) is 0 Å². The van der Waals surface area contributed by atoms with Crippen molar-refractivity contribution in [3.05, 3.63) is 237 Å². The van der Waals surface area contributed by atoms with Crippen LogP contribution in [0.1, 0.15) is 0 Å². The molecule has 0 spiro atoms. The second-order valence-electron chi connectivity index (χ2n) is 15.4. The fraction of sp³-hybridized carbons (Fsp3) is 0. The molecule has 1 nitrogen and oxygen atoms in total. The molecule has 0 saturated heterocycles. The van der Waals surface area contributed by atoms with Crippen molar-refractivity contribution in [2.75, 3.05) is 4.90 Å². The second-order valence-corrected chi connectivity index (χ2v) is 15.4. The van der Waals surface area contributed by atoms with E-state index in [2.05, 4.69) is 241 Å². The molecule has 0 bridgehead atoms. The molecule has 0 fully saturated rings. The summed E-state index contributed by atoms with van der Waals surface area (Å²) >= 11 is 0. The molecule has 1 heteroatoms. The molecule has 0 aliphatic heterocycles. The minimum absolute atomic E-state index is 1.10. The molecule has 0 heterocycles. The van der Waals surface area contributed by atoms with E-state index in [-0.39, 0.29) is 0 Å². The van der Waals surface area contributed by atoms with Crippen molar-refractivity contribution in [1.82, 2.24) is 0 Å². The molecular formula is C58H39N. The van der Waals surface area contributed by atoms with Gasteiger partial charge in [-0.25, -0.2) is 0 Å². The Morgan fingerprint density at radius 3 is 1.05 bits per heavy atom. The fourth-order valence-electron chi connectivity index (χ4n) is 8.73. The second kappa shape index (κ2) is 14.6. The summed E-state index contributed by atoms with van der Waals surface area (Å²) in [5, 5.41) is 10.1. The SMILES string of the molecule is c1ccc(-c2ccc(-c3ccc(N(c4ccc(-c5ccc6ccc7ccccc7c6c5)cc4)c4cccc(-c5ccc6ccc7ccccc7c6c5)c4)cc3)cc2)cc1. The summed E-state index contributed by atoms with van der Waals surface area (Å²) in [6.07, 6.45) is 0. The van der Waals surface area contributed by atoms with Gasteiger partial charge in [0.15, 0.2) is 0 Å². The maximum atomic E-state index is 2.37. The molecule has 11 aromatic rings. The predicted octanol–water partition coefficient (Wildman–Crippen LogP) is 16.4. The Bertz CT molecular complexity index is 3290. The van der Waals surface area contributed by atoms with Crippen LogP contribution in [-0.4, -0.2) is 0 Å². The van der Waals surface area contributed by atoms with Crippen LogP contribution in [0.4, 0.5) is 17.1 Å². The van der Waals surface area contributed by atoms with Gasteiger partial charge in [0.05, 0.1) is 0 Å². The van der Waals surface area contributed by atoms with Crippen molar-refractivity contribution in [2.45, 2.75) is 0 Å². The maximum absolute atomic E-state index is 2.37. The quantitative estimate of drug-likeness (QED) is 0.147. The number of nitrogens with zero attached hydrogens (tertiary/aromatic N) is 1. The topological polar surface area (TPSA) is 3.24 Å². The number of rotatable bonds is 7. The third-order valence-electron chi connectivity index (χ3n) is 11.8. The zero-order valence-electron chi connectivity index (χ0n) is 32.5. The van der Waals surface area contributed by atoms with E-state index >= 15 is 0 Å². The van der Waals surface area contributed by atoms with Gasteiger partial charge in [-0.15, -0.1) is 0 Å². The Morgan fingerprint density at radius 1 is 0.186 bits per heavy atom. The average molecular weight is 750 g/mol. The monoisotopic (exact) mass is 749 g/mol. The summed E-state index contributed by atoms with van der Waals surface area (Å²) in [5.74, 6) is 0. The van der Waals surface area contributed by atoms with E-state index in [9.17, 15) is 0 Å². The molecule has 0 aromatic heterocycles. The lowest BCUT2D eigenvalue weighted by molar-refractivity contribution is 1.28. The lowest BCUT2D eigenvalue weighted by Crippen LogP contribution is -2.10. The van der Waals surface area contributed by atoms with Gasteiger partial charge < -0.3 is 4.90 Å². The van der Waals surface area contributed by atoms with Crippen LogP contribution in [0.15, 0.2) is 237 Å². The van der Waals surface area contributed by atoms with Gasteiger partial charge >= 0.3 is 0 Å². The van der Waals surface area contributed by atoms with E-state index in [1.54, 1.807) is 0 Å². The molecule has 0 atom stereocenters. The van der Waals surface area contributed by atoms with E-state index < -0.39 is 0 Å². The molecule has 0 aliphatic carbocycles. The van der Waals surface area contributed by atoms with Gasteiger partial charge in [-0.1, -0.05) is 188 Å². The zero-order chi connectivity index (χ0) is 39.1. The van der Waals surface area contributed by atoms with E-state index in [0.29, 0.717) is 0 Å². The molecule has 0 radical (unpaired) electrons. The van der Waals surface area contributed by atoms with Gasteiger partial charge in [-0.05, 0) is 136 Å². The van der Waals surface area contributed by atoms with Crippen LogP contribution >= 0.6 is 0 Å². The van der Waals surface area contributed by atoms with E-state index in [4.69, 9.17) is 0 Å². The maximum Gasteiger partial charge on any atom is 0.0467 e. The minimum Gasteiger partial charge on any atom is -0.310 e. The normalized spacial score (nSPS) is 11.4. The molecule has 276 valence electrons. The largest absolute Gasteiger partial charge is 0.310 e. The van der Waals surface area contributed by atoms with Crippen LogP contribution in [-0.2, 0) is 0 Å². The molecule has 59 heavy (non-hydrogen) atoms. The van der Waals surface area contributed by atoms with Gasteiger partial charge in [0.25, 0.3) is 0 Å². The number of anilines is 3. The van der Waals surface area contributed by atoms with Crippen molar-refractivity contribution in [3.8, 4) is 44.5 Å². The number of benzene rings is 11. The van der Waals surface area contributed by atoms with Crippen LogP contribution in [0.3, 0.4) is 0 Å². The minimum atomic E-state index is 1.10. The summed E-state index contributed by atoms with van der Waals surface area (Å²) in [7, 11) is 0. The van der Waals surface area contributed by atoms with Gasteiger partial charge in [0, 0.05) is 17.1 Å². The molecule has 0 amide bonds. The van der Waals surface area contributed by atoms with Crippen molar-refractivity contribution in [2.24, 2.45) is 0 Å². The summed E-state index contributed by atoms with van der Waals surface area (Å²) in [6.45, 7) is 0. The Morgan fingerprint density at radius 2 is 0.525 bits per heavy atom. The summed E-state index contributed by atoms with van der Waals surface area (Å²) < 4.78 is 0. The highest BCUT2D eigenvalue weighted by atomic mass is 15.1. The van der Waals surface area contributed by atoms with Crippen LogP contribution in [0, 0.1) is 0 Å². The van der Waals surface area contributed by atoms with Gasteiger partial charge in [0.2, 0.25) is 0 Å². The highest BCUT2D eigenvalue weighted by Gasteiger charge is 2.15. The lowest BCUT2D eigenvalue weighted by atomic mass is 9.96. The third kappa shape index (κ3) is 6.49. The van der Waals surface area contributed by atoms with Crippen molar-refractivity contribution < 1.29 is 0 Å². The first-order valence-electron chi connectivity index (χ1n) is 20.3. The Balaban J connectivity index is 0.983. The van der Waals surface area contributed by atoms with Gasteiger partial charge in [-0.2, -0.15) is 0 Å². The summed E-state index contributed by atoms with van der Waals surface area (Å²) in [4.78, 5) is 2.37. The Kier molecular flexibility index (Phi) is 8.56. The first-order valence-corrected chi connectivity index (χ1v) is 20.3. The first kappa shape index (κ1) is 34.5. The predicted molar refractivity (Wildman–Crippen MR) is 253 cm³/mol. The lowest BCUT2D eigenvalue weighted by Gasteiger charge is -2.26. The van der Waals surface area contributed by atoms with E-state index in [1.807, 2.05) is 0 Å². The number of hydrogen-bond donors (Lipinski definition) is 0. The van der Waals surface area contributed by atoms with Crippen LogP contribution in [0.25, 0.3) is 87.6 Å². The smallest absolute Gasteiger partial charge is 0.0467 e. The Labute approximate surface area is 344 Å². The molecule has 0 unspecified atom stereocenters. The highest BCUT2D eigenvalue weighted by Crippen LogP contribution is 2.40. The average Bonchev–Trinajstić information content (AvgIpc) is 3.32. The van der Waals surface area contributed by atoms with Crippen LogP contribution in [0.5, 0.6) is 0 Å². The summed E-state index contributed by atoms with van der Waals surface area (Å²) in [6, 6.07) is 86.3. The fourth-order valence-corrected chi connectivity index (χ4v) is 8.73. The van der Waals surface area contributed by atoms with Crippen LogP contribution in [0.2, 0.25) is 0 Å². The molecule has 11 aromatic carbocycles. The third-order valence-corrected chi connectivity index (χ3v) is 11.8. The number of hydrogen-bond acceptors (Lipinski definition) is 1.